The van der Waals surface area contributed by atoms with E-state index in [1.807, 2.05) is 12.1 Å². The van der Waals surface area contributed by atoms with E-state index in [0.29, 0.717) is 29.2 Å². The van der Waals surface area contributed by atoms with Gasteiger partial charge in [0.1, 0.15) is 5.82 Å². The molecule has 1 fully saturated rings. The molecule has 0 spiro atoms. The van der Waals surface area contributed by atoms with Crippen LogP contribution in [0.2, 0.25) is 0 Å². The van der Waals surface area contributed by atoms with Crippen molar-refractivity contribution in [1.82, 2.24) is 15.0 Å². The third kappa shape index (κ3) is 3.97. The van der Waals surface area contributed by atoms with Gasteiger partial charge in [0.05, 0.1) is 10.6 Å². The molecular formula is C18H15FN6O2. The molecule has 2 heterocycles. The lowest BCUT2D eigenvalue weighted by Crippen LogP contribution is -2.08. The number of benzene rings is 1. The van der Waals surface area contributed by atoms with Crippen LogP contribution < -0.4 is 10.6 Å². The first kappa shape index (κ1) is 16.8. The Kier molecular flexibility index (Phi) is 4.33. The smallest absolute Gasteiger partial charge is 0.306 e. The molecule has 4 rings (SSSR count). The Morgan fingerprint density at radius 1 is 1.19 bits per heavy atom. The highest BCUT2D eigenvalue weighted by Crippen LogP contribution is 2.28. The lowest BCUT2D eigenvalue weighted by molar-refractivity contribution is -0.387. The topological polar surface area (TPSA) is 106 Å². The van der Waals surface area contributed by atoms with Crippen LogP contribution in [0.5, 0.6) is 0 Å². The largest absolute Gasteiger partial charge is 0.351 e. The van der Waals surface area contributed by atoms with Crippen LogP contribution in [0.4, 0.5) is 27.5 Å². The van der Waals surface area contributed by atoms with Crippen LogP contribution in [-0.2, 0) is 0 Å². The molecule has 1 saturated carbocycles. The van der Waals surface area contributed by atoms with Crippen LogP contribution in [0.25, 0.3) is 11.3 Å². The summed E-state index contributed by atoms with van der Waals surface area (Å²) >= 11 is 0. The van der Waals surface area contributed by atoms with E-state index in [0.717, 1.165) is 30.5 Å². The first-order valence-corrected chi connectivity index (χ1v) is 8.35. The zero-order valence-electron chi connectivity index (χ0n) is 14.1. The summed E-state index contributed by atoms with van der Waals surface area (Å²) < 4.78 is 13.5. The Bertz CT molecular complexity index is 994. The Labute approximate surface area is 153 Å². The van der Waals surface area contributed by atoms with Crippen molar-refractivity contribution in [2.24, 2.45) is 0 Å². The number of nitrogens with one attached hydrogen (secondary N) is 2. The highest BCUT2D eigenvalue weighted by Gasteiger charge is 2.22. The van der Waals surface area contributed by atoms with E-state index in [4.69, 9.17) is 0 Å². The number of nitro benzene ring substituents is 1. The van der Waals surface area contributed by atoms with E-state index < -0.39 is 16.4 Å². The van der Waals surface area contributed by atoms with Crippen LogP contribution in [0.1, 0.15) is 12.8 Å². The first-order chi connectivity index (χ1) is 13.1. The molecule has 8 nitrogen and oxygen atoms in total. The zero-order chi connectivity index (χ0) is 18.8. The van der Waals surface area contributed by atoms with Crippen molar-refractivity contribution < 1.29 is 9.31 Å². The van der Waals surface area contributed by atoms with Crippen LogP contribution >= 0.6 is 0 Å². The Morgan fingerprint density at radius 3 is 2.74 bits per heavy atom. The number of nitro groups is 1. The molecule has 0 amide bonds. The quantitative estimate of drug-likeness (QED) is 0.503. The summed E-state index contributed by atoms with van der Waals surface area (Å²) in [5, 5.41) is 17.2. The number of aromatic nitrogens is 3. The number of pyridine rings is 1. The van der Waals surface area contributed by atoms with Gasteiger partial charge in [-0.3, -0.25) is 15.1 Å². The molecule has 136 valence electrons. The standard InChI is InChI=1S/C18H15FN6O2/c19-14-6-5-13(8-16(14)25(26)27)21-17-9-15(11-2-1-7-20-10-11)23-18(24-17)22-12-3-4-12/h1-2,5-10,12H,3-4H2,(H2,21,22,23,24). The van der Waals surface area contributed by atoms with Crippen molar-refractivity contribution in [3.63, 3.8) is 0 Å². The highest BCUT2D eigenvalue weighted by atomic mass is 19.1. The third-order valence-corrected chi connectivity index (χ3v) is 4.01. The highest BCUT2D eigenvalue weighted by molar-refractivity contribution is 5.67. The van der Waals surface area contributed by atoms with Gasteiger partial charge < -0.3 is 10.6 Å². The summed E-state index contributed by atoms with van der Waals surface area (Å²) in [6, 6.07) is 9.35. The van der Waals surface area contributed by atoms with Crippen molar-refractivity contribution >= 4 is 23.1 Å². The van der Waals surface area contributed by atoms with Crippen LogP contribution in [0.15, 0.2) is 48.8 Å². The lowest BCUT2D eigenvalue weighted by Gasteiger charge is -2.11. The second-order valence-corrected chi connectivity index (χ2v) is 6.17. The van der Waals surface area contributed by atoms with E-state index in [1.54, 1.807) is 18.5 Å². The second kappa shape index (κ2) is 6.94. The number of halogens is 1. The minimum absolute atomic E-state index is 0.355. The minimum Gasteiger partial charge on any atom is -0.351 e. The van der Waals surface area contributed by atoms with Gasteiger partial charge in [0.15, 0.2) is 0 Å². The molecule has 0 radical (unpaired) electrons. The van der Waals surface area contributed by atoms with Gasteiger partial charge in [-0.1, -0.05) is 0 Å². The summed E-state index contributed by atoms with van der Waals surface area (Å²) in [5.74, 6) is 0.00579. The molecule has 0 saturated heterocycles. The lowest BCUT2D eigenvalue weighted by atomic mass is 10.2. The Morgan fingerprint density at radius 2 is 2.04 bits per heavy atom. The fraction of sp³-hybridized carbons (Fsp3) is 0.167. The molecule has 27 heavy (non-hydrogen) atoms. The summed E-state index contributed by atoms with van der Waals surface area (Å²) in [6.45, 7) is 0. The van der Waals surface area contributed by atoms with Crippen molar-refractivity contribution in [3.8, 4) is 11.3 Å². The number of rotatable bonds is 6. The average Bonchev–Trinajstić information content (AvgIpc) is 3.47. The fourth-order valence-corrected chi connectivity index (χ4v) is 2.53. The van der Waals surface area contributed by atoms with Gasteiger partial charge in [-0.25, -0.2) is 4.98 Å². The molecule has 1 aliphatic rings. The maximum atomic E-state index is 13.5. The van der Waals surface area contributed by atoms with E-state index >= 15 is 0 Å². The Hall–Kier alpha value is -3.62. The molecule has 2 aromatic heterocycles. The summed E-state index contributed by atoms with van der Waals surface area (Å²) in [4.78, 5) is 23.2. The van der Waals surface area contributed by atoms with Gasteiger partial charge in [0, 0.05) is 41.8 Å². The normalized spacial score (nSPS) is 13.2. The number of nitrogens with zero attached hydrogens (tertiary/aromatic N) is 4. The van der Waals surface area contributed by atoms with Crippen molar-refractivity contribution in [1.29, 1.82) is 0 Å². The molecular weight excluding hydrogens is 351 g/mol. The van der Waals surface area contributed by atoms with Crippen molar-refractivity contribution in [2.45, 2.75) is 18.9 Å². The van der Waals surface area contributed by atoms with E-state index in [2.05, 4.69) is 25.6 Å². The first-order valence-electron chi connectivity index (χ1n) is 8.35. The van der Waals surface area contributed by atoms with Crippen LogP contribution in [-0.4, -0.2) is 25.9 Å². The fourth-order valence-electron chi connectivity index (χ4n) is 2.53. The maximum absolute atomic E-state index is 13.5. The molecule has 0 aliphatic heterocycles. The number of hydrogen-bond acceptors (Lipinski definition) is 7. The van der Waals surface area contributed by atoms with Crippen molar-refractivity contribution in [3.05, 3.63) is 64.7 Å². The van der Waals surface area contributed by atoms with Gasteiger partial charge in [-0.2, -0.15) is 9.37 Å². The molecule has 0 unspecified atom stereocenters. The van der Waals surface area contributed by atoms with Gasteiger partial charge in [-0.15, -0.1) is 0 Å². The van der Waals surface area contributed by atoms with Crippen LogP contribution in [0, 0.1) is 15.9 Å². The van der Waals surface area contributed by atoms with Gasteiger partial charge in [-0.05, 0) is 37.1 Å². The third-order valence-electron chi connectivity index (χ3n) is 4.01. The van der Waals surface area contributed by atoms with Crippen molar-refractivity contribution in [2.75, 3.05) is 10.6 Å². The molecule has 9 heteroatoms. The second-order valence-electron chi connectivity index (χ2n) is 6.17. The molecule has 3 aromatic rings. The molecule has 0 bridgehead atoms. The van der Waals surface area contributed by atoms with E-state index in [9.17, 15) is 14.5 Å². The van der Waals surface area contributed by atoms with Gasteiger partial charge in [0.2, 0.25) is 11.8 Å². The number of anilines is 3. The summed E-state index contributed by atoms with van der Waals surface area (Å²) in [7, 11) is 0. The molecule has 2 N–H and O–H groups in total. The van der Waals surface area contributed by atoms with E-state index in [1.165, 1.54) is 6.07 Å². The predicted octanol–water partition coefficient (Wildman–Crippen LogP) is 3.90. The molecule has 1 aliphatic carbocycles. The van der Waals surface area contributed by atoms with Gasteiger partial charge >= 0.3 is 5.69 Å². The SMILES string of the molecule is O=[N+]([O-])c1cc(Nc2cc(-c3cccnc3)nc(NC3CC3)n2)ccc1F. The maximum Gasteiger partial charge on any atom is 0.306 e. The summed E-state index contributed by atoms with van der Waals surface area (Å²) in [6.07, 6.45) is 5.49. The monoisotopic (exact) mass is 366 g/mol. The summed E-state index contributed by atoms with van der Waals surface area (Å²) in [5.41, 5.74) is 1.22. The predicted molar refractivity (Wildman–Crippen MR) is 98.2 cm³/mol. The minimum atomic E-state index is -0.889. The Balaban J connectivity index is 1.69. The van der Waals surface area contributed by atoms with Gasteiger partial charge in [0.25, 0.3) is 0 Å². The van der Waals surface area contributed by atoms with Crippen LogP contribution in [0.3, 0.4) is 0 Å². The van der Waals surface area contributed by atoms with E-state index in [-0.39, 0.29) is 0 Å². The molecule has 1 aromatic carbocycles. The average molecular weight is 366 g/mol. The zero-order valence-corrected chi connectivity index (χ0v) is 14.1. The number of hydrogen-bond donors (Lipinski definition) is 2. The molecule has 0 atom stereocenters.